The largest absolute Gasteiger partial charge is 0.506 e. The first kappa shape index (κ1) is 24.7. The fourth-order valence-electron chi connectivity index (χ4n) is 4.78. The Morgan fingerprint density at radius 2 is 1.03 bits per heavy atom. The van der Waals surface area contributed by atoms with Gasteiger partial charge in [-0.25, -0.2) is 0 Å². The fourth-order valence-corrected chi connectivity index (χ4v) is 5.62. The lowest BCUT2D eigenvalue weighted by Gasteiger charge is -2.34. The molecule has 0 aliphatic rings. The normalized spacial score (nSPS) is 12.5. The van der Waals surface area contributed by atoms with Gasteiger partial charge in [0.15, 0.2) is 0 Å². The van der Waals surface area contributed by atoms with Crippen LogP contribution in [0.1, 0.15) is 49.9 Å². The molecule has 0 aliphatic carbocycles. The summed E-state index contributed by atoms with van der Waals surface area (Å²) >= 11 is 0. The molecule has 4 aromatic rings. The zero-order chi connectivity index (χ0) is 25.4. The molecule has 0 heterocycles. The summed E-state index contributed by atoms with van der Waals surface area (Å²) in [5.74, 6) is -0.437. The first-order valence-electron chi connectivity index (χ1n) is 11.5. The van der Waals surface area contributed by atoms with Crippen molar-refractivity contribution in [3.8, 4) is 16.9 Å². The van der Waals surface area contributed by atoms with Crippen LogP contribution in [-0.2, 0) is 20.9 Å². The summed E-state index contributed by atoms with van der Waals surface area (Å²) in [6, 6.07) is 30.3. The Bertz CT molecular complexity index is 1440. The lowest BCUT2D eigenvalue weighted by atomic mass is 9.70. The van der Waals surface area contributed by atoms with Crippen molar-refractivity contribution < 1.29 is 18.1 Å². The van der Waals surface area contributed by atoms with E-state index in [0.29, 0.717) is 22.3 Å². The van der Waals surface area contributed by atoms with Crippen molar-refractivity contribution in [2.24, 2.45) is 0 Å². The van der Waals surface area contributed by atoms with Crippen LogP contribution in [0.15, 0.2) is 102 Å². The van der Waals surface area contributed by atoms with Gasteiger partial charge < -0.3 is 5.11 Å². The first-order chi connectivity index (χ1) is 16.5. The average molecular weight is 487 g/mol. The minimum Gasteiger partial charge on any atom is -0.506 e. The monoisotopic (exact) mass is 486 g/mol. The van der Waals surface area contributed by atoms with Gasteiger partial charge in [0.25, 0.3) is 10.1 Å². The molecule has 4 aromatic carbocycles. The van der Waals surface area contributed by atoms with Crippen molar-refractivity contribution in [1.29, 1.82) is 0 Å². The highest BCUT2D eigenvalue weighted by Crippen LogP contribution is 2.49. The van der Waals surface area contributed by atoms with Crippen LogP contribution in [0, 0.1) is 0 Å². The Morgan fingerprint density at radius 3 is 1.46 bits per heavy atom. The highest BCUT2D eigenvalue weighted by Gasteiger charge is 2.38. The van der Waals surface area contributed by atoms with Gasteiger partial charge in [0, 0.05) is 22.0 Å². The minimum atomic E-state index is -4.79. The van der Waals surface area contributed by atoms with Gasteiger partial charge in [-0.1, -0.05) is 119 Å². The van der Waals surface area contributed by atoms with E-state index in [1.165, 1.54) is 0 Å². The van der Waals surface area contributed by atoms with Crippen molar-refractivity contribution in [3.05, 3.63) is 119 Å². The smallest absolute Gasteiger partial charge is 0.298 e. The molecule has 5 heteroatoms. The zero-order valence-corrected chi connectivity index (χ0v) is 21.2. The van der Waals surface area contributed by atoms with E-state index in [1.807, 2.05) is 100 Å². The molecule has 4 rings (SSSR count). The molecule has 0 amide bonds. The summed E-state index contributed by atoms with van der Waals surface area (Å²) in [5.41, 5.74) is 2.50. The van der Waals surface area contributed by atoms with Crippen LogP contribution >= 0.6 is 0 Å². The highest BCUT2D eigenvalue weighted by atomic mass is 32.2. The van der Waals surface area contributed by atoms with E-state index in [9.17, 15) is 18.1 Å². The summed E-state index contributed by atoms with van der Waals surface area (Å²) < 4.78 is 36.2. The number of phenols is 1. The molecule has 0 aromatic heterocycles. The molecule has 0 saturated heterocycles. The Balaban J connectivity index is 2.18. The van der Waals surface area contributed by atoms with Gasteiger partial charge in [0.2, 0.25) is 0 Å². The van der Waals surface area contributed by atoms with Crippen LogP contribution in [0.5, 0.6) is 5.75 Å². The van der Waals surface area contributed by atoms with E-state index >= 15 is 0 Å². The Hall–Kier alpha value is -3.41. The second kappa shape index (κ2) is 8.99. The molecule has 2 N–H and O–H groups in total. The molecule has 0 aliphatic heterocycles. The number of hydrogen-bond acceptors (Lipinski definition) is 3. The summed E-state index contributed by atoms with van der Waals surface area (Å²) in [6.07, 6.45) is 0. The topological polar surface area (TPSA) is 74.6 Å². The molecular formula is C30H30O4S. The maximum Gasteiger partial charge on any atom is 0.298 e. The van der Waals surface area contributed by atoms with Crippen molar-refractivity contribution in [2.75, 3.05) is 0 Å². The van der Waals surface area contributed by atoms with Gasteiger partial charge in [0.05, 0.1) is 0 Å². The van der Waals surface area contributed by atoms with Crippen LogP contribution < -0.4 is 0 Å². The minimum absolute atomic E-state index is 0.298. The number of benzene rings is 4. The predicted octanol–water partition coefficient (Wildman–Crippen LogP) is 6.96. The second-order valence-corrected chi connectivity index (χ2v) is 11.2. The SMILES string of the molecule is CC(C)(c1ccccc1)c1cc(C(C)(C)c2ccccc2)c(-c2ccccc2)c(S(=O)(=O)O)c1O. The van der Waals surface area contributed by atoms with Crippen LogP contribution in [0.25, 0.3) is 11.1 Å². The van der Waals surface area contributed by atoms with E-state index in [2.05, 4.69) is 0 Å². The van der Waals surface area contributed by atoms with E-state index in [-0.39, 0.29) is 0 Å². The molecule has 0 fully saturated rings. The Morgan fingerprint density at radius 1 is 0.629 bits per heavy atom. The molecule has 0 unspecified atom stereocenters. The second-order valence-electron chi connectivity index (χ2n) is 9.85. The molecule has 4 nitrogen and oxygen atoms in total. The van der Waals surface area contributed by atoms with E-state index in [0.717, 1.165) is 11.1 Å². The predicted molar refractivity (Wildman–Crippen MR) is 140 cm³/mol. The summed E-state index contributed by atoms with van der Waals surface area (Å²) in [4.78, 5) is -0.468. The molecule has 0 atom stereocenters. The van der Waals surface area contributed by atoms with Crippen molar-refractivity contribution in [3.63, 3.8) is 0 Å². The molecule has 0 bridgehead atoms. The Labute approximate surface area is 207 Å². The number of rotatable bonds is 6. The van der Waals surface area contributed by atoms with E-state index in [1.54, 1.807) is 24.3 Å². The summed E-state index contributed by atoms with van der Waals surface area (Å²) in [5, 5.41) is 11.5. The molecule has 0 saturated carbocycles. The standard InChI is InChI=1S/C30H30O4S/c1-29(2,22-16-10-6-11-17-22)24-20-25(30(3,4)23-18-12-7-13-19-23)27(31)28(35(32,33)34)26(24)21-14-8-5-9-15-21/h5-20,31H,1-4H3,(H,32,33,34). The summed E-state index contributed by atoms with van der Waals surface area (Å²) in [6.45, 7) is 7.92. The summed E-state index contributed by atoms with van der Waals surface area (Å²) in [7, 11) is -4.79. The van der Waals surface area contributed by atoms with Crippen molar-refractivity contribution in [1.82, 2.24) is 0 Å². The fraction of sp³-hybridized carbons (Fsp3) is 0.200. The number of aromatic hydroxyl groups is 1. The number of phenolic OH excluding ortho intramolecular Hbond substituents is 1. The van der Waals surface area contributed by atoms with Crippen LogP contribution in [-0.4, -0.2) is 18.1 Å². The third kappa shape index (κ3) is 4.49. The van der Waals surface area contributed by atoms with Crippen LogP contribution in [0.3, 0.4) is 0 Å². The van der Waals surface area contributed by atoms with Gasteiger partial charge in [-0.2, -0.15) is 8.42 Å². The van der Waals surface area contributed by atoms with Gasteiger partial charge in [-0.3, -0.25) is 4.55 Å². The van der Waals surface area contributed by atoms with Gasteiger partial charge in [-0.15, -0.1) is 0 Å². The lowest BCUT2D eigenvalue weighted by Crippen LogP contribution is -2.25. The van der Waals surface area contributed by atoms with E-state index in [4.69, 9.17) is 0 Å². The van der Waals surface area contributed by atoms with Crippen LogP contribution in [0.2, 0.25) is 0 Å². The molecule has 0 spiro atoms. The lowest BCUT2D eigenvalue weighted by molar-refractivity contribution is 0.426. The maximum atomic E-state index is 12.9. The third-order valence-corrected chi connectivity index (χ3v) is 7.83. The van der Waals surface area contributed by atoms with Crippen molar-refractivity contribution in [2.45, 2.75) is 43.4 Å². The molecular weight excluding hydrogens is 456 g/mol. The van der Waals surface area contributed by atoms with Gasteiger partial charge in [-0.05, 0) is 28.3 Å². The zero-order valence-electron chi connectivity index (χ0n) is 20.4. The average Bonchev–Trinajstić information content (AvgIpc) is 2.84. The van der Waals surface area contributed by atoms with E-state index < -0.39 is 31.6 Å². The first-order valence-corrected chi connectivity index (χ1v) is 12.9. The van der Waals surface area contributed by atoms with Crippen LogP contribution in [0.4, 0.5) is 0 Å². The Kier molecular flexibility index (Phi) is 6.34. The van der Waals surface area contributed by atoms with Crippen molar-refractivity contribution >= 4 is 10.1 Å². The maximum absolute atomic E-state index is 12.9. The molecule has 0 radical (unpaired) electrons. The van der Waals surface area contributed by atoms with Gasteiger partial charge in [0.1, 0.15) is 10.6 Å². The molecule has 35 heavy (non-hydrogen) atoms. The number of hydrogen-bond donors (Lipinski definition) is 2. The quantitative estimate of drug-likeness (QED) is 0.289. The molecule has 180 valence electrons. The highest BCUT2D eigenvalue weighted by molar-refractivity contribution is 7.86. The third-order valence-electron chi connectivity index (χ3n) is 6.91. The van der Waals surface area contributed by atoms with Gasteiger partial charge >= 0.3 is 0 Å².